The number of Topliss-reactive ketones (excluding diaryl/α,β-unsaturated/α-hetero) is 1. The summed E-state index contributed by atoms with van der Waals surface area (Å²) in [5.41, 5.74) is -8.05. The maximum absolute atomic E-state index is 14.5. The van der Waals surface area contributed by atoms with Gasteiger partial charge in [0.15, 0.2) is 0 Å². The molecule has 0 aromatic carbocycles. The van der Waals surface area contributed by atoms with Crippen LogP contribution in [0.4, 0.5) is 4.79 Å². The third-order valence-corrected chi connectivity index (χ3v) is 9.60. The largest absolute Gasteiger partial charge is 0.772 e. The fourth-order valence-electron chi connectivity index (χ4n) is 6.10. The number of amides is 5. The molecule has 5 amide bonds. The zero-order chi connectivity index (χ0) is 55.2. The summed E-state index contributed by atoms with van der Waals surface area (Å²) in [5.74, 6) is -6.46. The molecule has 50 heavy (non-hydrogen) atoms. The van der Waals surface area contributed by atoms with Crippen LogP contribution in [0.3, 0.4) is 0 Å². The summed E-state index contributed by atoms with van der Waals surface area (Å²) >= 11 is -3.49. The second-order valence-electron chi connectivity index (χ2n) is 15.0. The molecule has 1 aliphatic heterocycles. The second-order valence-corrected chi connectivity index (χ2v) is 15.9. The lowest BCUT2D eigenvalue weighted by molar-refractivity contribution is -0.145. The van der Waals surface area contributed by atoms with Crippen LogP contribution in [0.2, 0.25) is 0 Å². The maximum atomic E-state index is 14.5. The van der Waals surface area contributed by atoms with Crippen molar-refractivity contribution in [2.75, 3.05) is 12.3 Å². The number of urea groups is 1. The zero-order valence-corrected chi connectivity index (χ0v) is 30.4. The summed E-state index contributed by atoms with van der Waals surface area (Å²) in [4.78, 5) is 69.9. The molecule has 1 heterocycles. The Morgan fingerprint density at radius 2 is 1.66 bits per heavy atom. The fourth-order valence-corrected chi connectivity index (χ4v) is 6.67. The predicted molar refractivity (Wildman–Crippen MR) is 194 cm³/mol. The van der Waals surface area contributed by atoms with Crippen molar-refractivity contribution in [2.45, 2.75) is 163 Å². The Labute approximate surface area is 330 Å². The molecule has 0 aromatic heterocycles. The topological polar surface area (TPSA) is 177 Å². The SMILES string of the molecule is [2H]C([2H])([2H])C(C)(C([2H])([2H])[2H])C([2H])([2H])[2H].[2H]C1([2H])C([2H])([2H])C([2H])([2H])C(CS(=O)[O-])(NC(=O)N[C@H](C(=O)N2C[C@H]3[C@@H]([C@H]2C(=O)N[C@@]([2H])(CCCC)C(=O)C(=O)NC2CC2)C3(C)C)C(C)(C)C)C([2H])([2H])C1([2H])[2H]. The lowest BCUT2D eigenvalue weighted by Crippen LogP contribution is -2.63. The Morgan fingerprint density at radius 3 is 2.16 bits per heavy atom. The van der Waals surface area contributed by atoms with Crippen molar-refractivity contribution < 1.29 is 60.1 Å². The summed E-state index contributed by atoms with van der Waals surface area (Å²) in [7, 11) is 0. The van der Waals surface area contributed by atoms with Crippen molar-refractivity contribution in [2.24, 2.45) is 28.1 Å². The van der Waals surface area contributed by atoms with E-state index in [0.29, 0.717) is 25.7 Å². The van der Waals surface area contributed by atoms with Gasteiger partial charge in [0, 0.05) is 44.4 Å². The first-order chi connectivity index (χ1) is 30.9. The highest BCUT2D eigenvalue weighted by atomic mass is 32.2. The molecule has 3 saturated carbocycles. The van der Waals surface area contributed by atoms with Crippen molar-refractivity contribution in [3.8, 4) is 0 Å². The molecule has 4 rings (SSSR count). The number of likely N-dealkylation sites (tertiary alicyclic amines) is 1. The molecule has 13 heteroatoms. The highest BCUT2D eigenvalue weighted by Gasteiger charge is 2.70. The molecule has 0 bridgehead atoms. The first-order valence-electron chi connectivity index (χ1n) is 26.5. The van der Waals surface area contributed by atoms with Crippen LogP contribution in [-0.2, 0) is 30.3 Å². The Balaban J connectivity index is 0.000000800. The third kappa shape index (κ3) is 11.5. The van der Waals surface area contributed by atoms with Gasteiger partial charge in [-0.2, -0.15) is 0 Å². The Kier molecular flexibility index (Phi) is 6.97. The average Bonchev–Trinajstić information content (AvgIpc) is 4.02. The van der Waals surface area contributed by atoms with Crippen molar-refractivity contribution in [3.05, 3.63) is 0 Å². The smallest absolute Gasteiger partial charge is 0.315 e. The molecule has 0 aromatic rings. The van der Waals surface area contributed by atoms with Gasteiger partial charge in [0.05, 0.1) is 12.9 Å². The number of nitrogens with zero attached hydrogens (tertiary/aromatic N) is 1. The highest BCUT2D eigenvalue weighted by molar-refractivity contribution is 7.79. The first-order valence-corrected chi connectivity index (χ1v) is 17.8. The van der Waals surface area contributed by atoms with E-state index in [1.807, 2.05) is 19.2 Å². The molecule has 6 atom stereocenters. The van der Waals surface area contributed by atoms with Crippen LogP contribution in [0, 0.1) is 28.1 Å². The second kappa shape index (κ2) is 16.4. The molecule has 4 fully saturated rings. The zero-order valence-electron chi connectivity index (χ0n) is 49.5. The van der Waals surface area contributed by atoms with Crippen LogP contribution in [0.1, 0.15) is 160 Å². The van der Waals surface area contributed by atoms with Gasteiger partial charge in [0.25, 0.3) is 5.91 Å². The van der Waals surface area contributed by atoms with Crippen LogP contribution in [0.15, 0.2) is 0 Å². The molecule has 0 radical (unpaired) electrons. The van der Waals surface area contributed by atoms with E-state index in [1.54, 1.807) is 6.92 Å². The minimum atomic E-state index is -3.95. The number of ketones is 1. The van der Waals surface area contributed by atoms with Crippen molar-refractivity contribution >= 4 is 40.6 Å². The molecular formula is C37H64N5O7S-. The van der Waals surface area contributed by atoms with Crippen molar-refractivity contribution in [1.29, 1.82) is 0 Å². The fraction of sp³-hybridized carbons (Fsp3) is 0.865. The minimum absolute atomic E-state index is 0.0275. The number of hydrogen-bond acceptors (Lipinski definition) is 7. The summed E-state index contributed by atoms with van der Waals surface area (Å²) in [6.07, 6.45) is -17.7. The van der Waals surface area contributed by atoms with E-state index >= 15 is 0 Å². The van der Waals surface area contributed by atoms with Gasteiger partial charge < -0.3 is 30.7 Å². The number of nitrogens with one attached hydrogen (secondary N) is 4. The lowest BCUT2D eigenvalue weighted by atomic mass is 9.83. The van der Waals surface area contributed by atoms with Gasteiger partial charge in [0.2, 0.25) is 17.6 Å². The van der Waals surface area contributed by atoms with Gasteiger partial charge in [-0.25, -0.2) is 4.79 Å². The van der Waals surface area contributed by atoms with Crippen LogP contribution in [0.5, 0.6) is 0 Å². The summed E-state index contributed by atoms with van der Waals surface area (Å²) in [5, 5.41) is 9.07. The number of hydrogen-bond donors (Lipinski definition) is 4. The van der Waals surface area contributed by atoms with E-state index in [2.05, 4.69) is 16.0 Å². The van der Waals surface area contributed by atoms with E-state index in [-0.39, 0.29) is 24.9 Å². The number of carbonyl (C=O) groups excluding carboxylic acids is 5. The Bertz CT molecular complexity index is 2010. The molecule has 12 nitrogen and oxygen atoms in total. The standard InChI is InChI=1S/C32H53N5O7S.C5H12/c1-7-8-12-21(24(38)27(40)33-19-13-14-19)34-26(39)23-22-20(31(22,5)6)17-37(23)28(41)25(30(2,3)4)35-29(42)36-32(18-45(43)44)15-10-9-11-16-32;1-5(2,3)4/h19-23,25H,7-18H2,1-6H3,(H,33,40)(H,34,39)(H,43,44)(H2,35,36,42);1-4H3/p-1/t20-,21-,22-,23-,25+;/m0./s1/i9D2,10D2,11D2,15D2,16D2,21D;1D3,2D3,3D3. The van der Waals surface area contributed by atoms with E-state index in [9.17, 15) is 32.7 Å². The molecular weight excluding hydrogens is 659 g/mol. The predicted octanol–water partition coefficient (Wildman–Crippen LogP) is 4.34. The molecule has 1 saturated heterocycles. The van der Waals surface area contributed by atoms with Gasteiger partial charge in [0.1, 0.15) is 12.1 Å². The third-order valence-electron chi connectivity index (χ3n) is 8.93. The van der Waals surface area contributed by atoms with E-state index < -0.39 is 145 Å². The molecule has 4 N–H and O–H groups in total. The molecule has 1 unspecified atom stereocenters. The average molecular weight is 743 g/mol. The number of unbranched alkanes of at least 4 members (excludes halogenated alkanes) is 1. The number of rotatable bonds is 13. The first kappa shape index (κ1) is 21.2. The van der Waals surface area contributed by atoms with Crippen LogP contribution in [0.25, 0.3) is 0 Å². The molecule has 0 spiro atoms. The molecule has 3 aliphatic carbocycles. The van der Waals surface area contributed by atoms with Crippen LogP contribution in [-0.4, -0.2) is 85.2 Å². The summed E-state index contributed by atoms with van der Waals surface area (Å²) in [6.45, 7) is 1.58. The molecule has 286 valence electrons. The van der Waals surface area contributed by atoms with Gasteiger partial charge in [-0.05, 0) is 60.1 Å². The monoisotopic (exact) mass is 743 g/mol. The van der Waals surface area contributed by atoms with E-state index in [1.165, 1.54) is 20.8 Å². The molecule has 4 aliphatic rings. The quantitative estimate of drug-likeness (QED) is 0.160. The highest BCUT2D eigenvalue weighted by Crippen LogP contribution is 2.65. The Hall–Kier alpha value is -2.54. The van der Waals surface area contributed by atoms with E-state index in [4.69, 9.17) is 27.4 Å². The van der Waals surface area contributed by atoms with Gasteiger partial charge >= 0.3 is 6.03 Å². The number of piperidine rings is 1. The van der Waals surface area contributed by atoms with Crippen LogP contribution >= 0.6 is 0 Å². The maximum Gasteiger partial charge on any atom is 0.315 e. The van der Waals surface area contributed by atoms with E-state index in [0.717, 1.165) is 11.8 Å². The minimum Gasteiger partial charge on any atom is -0.772 e. The van der Waals surface area contributed by atoms with Crippen molar-refractivity contribution in [3.63, 3.8) is 0 Å². The van der Waals surface area contributed by atoms with Crippen molar-refractivity contribution in [1.82, 2.24) is 26.2 Å². The number of carbonyl (C=O) groups is 5. The Morgan fingerprint density at radius 1 is 1.04 bits per heavy atom. The summed E-state index contributed by atoms with van der Waals surface area (Å²) in [6, 6.07) is -7.17. The van der Waals surface area contributed by atoms with Gasteiger partial charge in [-0.1, -0.05) is 112 Å². The van der Waals surface area contributed by atoms with Crippen LogP contribution < -0.4 is 21.3 Å². The lowest BCUT2D eigenvalue weighted by Gasteiger charge is -2.41. The summed E-state index contributed by atoms with van der Waals surface area (Å²) < 4.78 is 180. The number of fused-ring (bicyclic) bond motifs is 1. The normalized spacial score (nSPS) is 37.8. The van der Waals surface area contributed by atoms with Gasteiger partial charge in [-0.3, -0.25) is 23.4 Å². The van der Waals surface area contributed by atoms with Gasteiger partial charge in [-0.15, -0.1) is 0 Å².